The smallest absolute Gasteiger partial charge is 0.345 e. The average Bonchev–Trinajstić information content (AvgIpc) is 2.53. The highest BCUT2D eigenvalue weighted by atomic mass is 16.4. The molecule has 0 amide bonds. The number of nitrogens with two attached hydrogens (primary N) is 1. The van der Waals surface area contributed by atoms with Crippen LogP contribution in [0.1, 0.15) is 0 Å². The summed E-state index contributed by atoms with van der Waals surface area (Å²) in [5.41, 5.74) is 8.65. The fraction of sp³-hybridized carbons (Fsp3) is 0. The molecule has 0 aliphatic carbocycles. The average molecular weight is 289 g/mol. The number of hydrogen-bond donors (Lipinski definition) is 1. The molecular weight excluding hydrogens is 278 g/mol. The van der Waals surface area contributed by atoms with Crippen molar-refractivity contribution >= 4 is 27.7 Å². The molecule has 4 rings (SSSR count). The molecular formula is C17H11N3O2. The van der Waals surface area contributed by atoms with Crippen LogP contribution in [-0.4, -0.2) is 9.97 Å². The number of para-hydroxylation sites is 2. The van der Waals surface area contributed by atoms with E-state index < -0.39 is 5.63 Å². The van der Waals surface area contributed by atoms with E-state index in [4.69, 9.17) is 10.2 Å². The summed E-state index contributed by atoms with van der Waals surface area (Å²) < 4.78 is 5.34. The fourth-order valence-corrected chi connectivity index (χ4v) is 2.39. The Balaban J connectivity index is 1.97. The first-order valence-electron chi connectivity index (χ1n) is 6.76. The summed E-state index contributed by atoms with van der Waals surface area (Å²) in [6.45, 7) is 0. The second-order valence-corrected chi connectivity index (χ2v) is 4.99. The van der Waals surface area contributed by atoms with Crippen molar-refractivity contribution in [1.82, 2.24) is 9.97 Å². The van der Waals surface area contributed by atoms with Gasteiger partial charge in [-0.2, -0.15) is 0 Å². The molecule has 2 aromatic heterocycles. The van der Waals surface area contributed by atoms with E-state index in [9.17, 15) is 4.79 Å². The lowest BCUT2D eigenvalue weighted by Crippen LogP contribution is -2.04. The lowest BCUT2D eigenvalue weighted by molar-refractivity contribution is 0.563. The Bertz CT molecular complexity index is 1070. The highest BCUT2D eigenvalue weighted by molar-refractivity contribution is 5.84. The molecule has 0 unspecified atom stereocenters. The zero-order valence-corrected chi connectivity index (χ0v) is 11.5. The third kappa shape index (κ3) is 2.00. The van der Waals surface area contributed by atoms with Crippen molar-refractivity contribution < 1.29 is 4.42 Å². The minimum Gasteiger partial charge on any atom is -0.422 e. The second-order valence-electron chi connectivity index (χ2n) is 4.99. The Morgan fingerprint density at radius 2 is 1.82 bits per heavy atom. The van der Waals surface area contributed by atoms with Gasteiger partial charge in [0.1, 0.15) is 5.58 Å². The van der Waals surface area contributed by atoms with E-state index in [0.29, 0.717) is 22.5 Å². The molecule has 4 aromatic rings. The normalized spacial score (nSPS) is 11.1. The largest absolute Gasteiger partial charge is 0.422 e. The first-order valence-corrected chi connectivity index (χ1v) is 6.76. The molecule has 106 valence electrons. The molecule has 0 saturated carbocycles. The molecule has 0 bridgehead atoms. The molecule has 0 aliphatic heterocycles. The second kappa shape index (κ2) is 4.66. The summed E-state index contributed by atoms with van der Waals surface area (Å²) in [5.74, 6) is 0. The zero-order valence-electron chi connectivity index (χ0n) is 11.5. The number of rotatable bonds is 1. The Kier molecular flexibility index (Phi) is 2.66. The Labute approximate surface area is 125 Å². The minimum atomic E-state index is -0.456. The van der Waals surface area contributed by atoms with Gasteiger partial charge in [-0.1, -0.05) is 12.1 Å². The van der Waals surface area contributed by atoms with Crippen LogP contribution in [0.5, 0.6) is 0 Å². The van der Waals surface area contributed by atoms with Crippen LogP contribution in [0.4, 0.5) is 5.69 Å². The van der Waals surface area contributed by atoms with Gasteiger partial charge in [0.25, 0.3) is 0 Å². The van der Waals surface area contributed by atoms with E-state index in [1.807, 2.05) is 30.3 Å². The molecule has 0 fully saturated rings. The molecule has 22 heavy (non-hydrogen) atoms. The fourth-order valence-electron chi connectivity index (χ4n) is 2.39. The van der Waals surface area contributed by atoms with Crippen LogP contribution >= 0.6 is 0 Å². The van der Waals surface area contributed by atoms with Crippen LogP contribution < -0.4 is 11.4 Å². The van der Waals surface area contributed by atoms with Crippen molar-refractivity contribution in [1.29, 1.82) is 0 Å². The quantitative estimate of drug-likeness (QED) is 0.430. The van der Waals surface area contributed by atoms with E-state index in [1.54, 1.807) is 24.4 Å². The van der Waals surface area contributed by atoms with E-state index >= 15 is 0 Å². The van der Waals surface area contributed by atoms with Crippen LogP contribution in [0, 0.1) is 0 Å². The van der Waals surface area contributed by atoms with Crippen LogP contribution in [0.25, 0.3) is 33.3 Å². The molecule has 5 heteroatoms. The van der Waals surface area contributed by atoms with Gasteiger partial charge < -0.3 is 10.2 Å². The number of hydrogen-bond acceptors (Lipinski definition) is 5. The number of aromatic nitrogens is 2. The lowest BCUT2D eigenvalue weighted by atomic mass is 10.1. The van der Waals surface area contributed by atoms with Crippen molar-refractivity contribution in [2.24, 2.45) is 0 Å². The maximum atomic E-state index is 12.2. The van der Waals surface area contributed by atoms with Crippen molar-refractivity contribution in [3.8, 4) is 11.3 Å². The van der Waals surface area contributed by atoms with E-state index in [0.717, 1.165) is 16.4 Å². The lowest BCUT2D eigenvalue weighted by Gasteiger charge is -2.03. The molecule has 0 aliphatic rings. The zero-order chi connectivity index (χ0) is 15.1. The van der Waals surface area contributed by atoms with Gasteiger partial charge >= 0.3 is 5.63 Å². The number of fused-ring (bicyclic) bond motifs is 2. The molecule has 2 heterocycles. The molecule has 0 radical (unpaired) electrons. The number of anilines is 1. The van der Waals surface area contributed by atoms with Gasteiger partial charge in [0, 0.05) is 17.1 Å². The first kappa shape index (κ1) is 12.5. The third-order valence-electron chi connectivity index (χ3n) is 3.48. The van der Waals surface area contributed by atoms with Crippen molar-refractivity contribution in [3.63, 3.8) is 0 Å². The molecule has 2 aromatic carbocycles. The van der Waals surface area contributed by atoms with Crippen molar-refractivity contribution in [3.05, 3.63) is 65.1 Å². The predicted octanol–water partition coefficient (Wildman–Crippen LogP) is 2.99. The number of nitrogen functional groups attached to an aromatic ring is 1. The predicted molar refractivity (Wildman–Crippen MR) is 85.4 cm³/mol. The standard InChI is InChI=1S/C17H11N3O2/c18-11-6-5-10-7-12(17(21)22-16(10)8-11)15-9-19-13-3-1-2-4-14(13)20-15/h1-9H,18H2. The maximum Gasteiger partial charge on any atom is 0.345 e. The summed E-state index contributed by atoms with van der Waals surface area (Å²) in [7, 11) is 0. The Hall–Kier alpha value is -3.21. The van der Waals surface area contributed by atoms with Gasteiger partial charge in [-0.25, -0.2) is 9.78 Å². The van der Waals surface area contributed by atoms with Crippen LogP contribution in [0.3, 0.4) is 0 Å². The van der Waals surface area contributed by atoms with E-state index in [1.165, 1.54) is 0 Å². The van der Waals surface area contributed by atoms with E-state index in [2.05, 4.69) is 9.97 Å². The summed E-state index contributed by atoms with van der Waals surface area (Å²) in [6.07, 6.45) is 1.58. The molecule has 0 saturated heterocycles. The van der Waals surface area contributed by atoms with Crippen molar-refractivity contribution in [2.75, 3.05) is 5.73 Å². The maximum absolute atomic E-state index is 12.2. The van der Waals surface area contributed by atoms with Gasteiger partial charge in [0.15, 0.2) is 0 Å². The van der Waals surface area contributed by atoms with Crippen LogP contribution in [0.2, 0.25) is 0 Å². The SMILES string of the molecule is Nc1ccc2cc(-c3cnc4ccccc4n3)c(=O)oc2c1. The first-order chi connectivity index (χ1) is 10.7. The molecule has 2 N–H and O–H groups in total. The van der Waals surface area contributed by atoms with Gasteiger partial charge in [-0.15, -0.1) is 0 Å². The number of nitrogens with zero attached hydrogens (tertiary/aromatic N) is 2. The third-order valence-corrected chi connectivity index (χ3v) is 3.48. The number of benzene rings is 2. The minimum absolute atomic E-state index is 0.385. The summed E-state index contributed by atoms with van der Waals surface area (Å²) in [4.78, 5) is 21.0. The molecule has 5 nitrogen and oxygen atoms in total. The summed E-state index contributed by atoms with van der Waals surface area (Å²) in [6, 6.07) is 14.5. The summed E-state index contributed by atoms with van der Waals surface area (Å²) in [5, 5.41) is 0.791. The highest BCUT2D eigenvalue weighted by Gasteiger charge is 2.10. The van der Waals surface area contributed by atoms with Gasteiger partial charge in [0.05, 0.1) is 28.5 Å². The van der Waals surface area contributed by atoms with E-state index in [-0.39, 0.29) is 0 Å². The Morgan fingerprint density at radius 3 is 2.68 bits per heavy atom. The van der Waals surface area contributed by atoms with Crippen LogP contribution in [-0.2, 0) is 0 Å². The van der Waals surface area contributed by atoms with Gasteiger partial charge in [-0.3, -0.25) is 4.98 Å². The van der Waals surface area contributed by atoms with Gasteiger partial charge in [0.2, 0.25) is 0 Å². The molecule has 0 spiro atoms. The topological polar surface area (TPSA) is 82.0 Å². The molecule has 0 atom stereocenters. The highest BCUT2D eigenvalue weighted by Crippen LogP contribution is 2.22. The van der Waals surface area contributed by atoms with Crippen molar-refractivity contribution in [2.45, 2.75) is 0 Å². The van der Waals surface area contributed by atoms with Gasteiger partial charge in [-0.05, 0) is 30.3 Å². The monoisotopic (exact) mass is 289 g/mol. The Morgan fingerprint density at radius 1 is 1.00 bits per heavy atom. The van der Waals surface area contributed by atoms with Crippen LogP contribution in [0.15, 0.2) is 63.9 Å². The summed E-state index contributed by atoms with van der Waals surface area (Å²) >= 11 is 0.